The molecule has 0 radical (unpaired) electrons. The lowest BCUT2D eigenvalue weighted by atomic mass is 9.46. The Labute approximate surface area is 180 Å². The van der Waals surface area contributed by atoms with Crippen LogP contribution in [0.15, 0.2) is 29.2 Å². The molecule has 2 unspecified atom stereocenters. The molecule has 5 aliphatic carbocycles. The van der Waals surface area contributed by atoms with Crippen LogP contribution in [0.25, 0.3) is 0 Å². The van der Waals surface area contributed by atoms with Crippen LogP contribution in [0.2, 0.25) is 0 Å². The summed E-state index contributed by atoms with van der Waals surface area (Å²) in [6.45, 7) is 0.0130. The molecule has 7 nitrogen and oxygen atoms in total. The zero-order valence-corrected chi connectivity index (χ0v) is 18.0. The molecule has 5 aliphatic rings. The Hall–Kier alpha value is -2.00. The first-order valence-electron chi connectivity index (χ1n) is 10.9. The van der Waals surface area contributed by atoms with Crippen molar-refractivity contribution in [1.29, 1.82) is 0 Å². The maximum atomic E-state index is 13.9. The average Bonchev–Trinajstić information content (AvgIpc) is 3.45. The van der Waals surface area contributed by atoms with Gasteiger partial charge in [0.05, 0.1) is 11.0 Å². The number of halogens is 1. The van der Waals surface area contributed by atoms with Gasteiger partial charge in [0.25, 0.3) is 0 Å². The van der Waals surface area contributed by atoms with Crippen LogP contribution in [0.4, 0.5) is 4.39 Å². The maximum absolute atomic E-state index is 13.9. The number of benzene rings is 1. The summed E-state index contributed by atoms with van der Waals surface area (Å²) in [6.07, 6.45) is 4.95. The summed E-state index contributed by atoms with van der Waals surface area (Å²) in [6, 6.07) is 5.20. The van der Waals surface area contributed by atoms with E-state index < -0.39 is 37.7 Å². The average molecular weight is 451 g/mol. The van der Waals surface area contributed by atoms with Gasteiger partial charge < -0.3 is 10.4 Å². The van der Waals surface area contributed by atoms with E-state index in [2.05, 4.69) is 10.0 Å². The Kier molecular flexibility index (Phi) is 4.71. The monoisotopic (exact) mass is 450 g/mol. The van der Waals surface area contributed by atoms with Crippen molar-refractivity contribution in [2.75, 3.05) is 6.54 Å². The lowest BCUT2D eigenvalue weighted by molar-refractivity contribution is -0.174. The number of aliphatic carboxylic acids is 1. The maximum Gasteiger partial charge on any atom is 0.309 e. The van der Waals surface area contributed by atoms with E-state index in [1.807, 2.05) is 0 Å². The molecule has 0 aliphatic heterocycles. The lowest BCUT2D eigenvalue weighted by Crippen LogP contribution is -2.59. The number of hydrogen-bond acceptors (Lipinski definition) is 4. The van der Waals surface area contributed by atoms with E-state index in [4.69, 9.17) is 0 Å². The predicted octanol–water partition coefficient (Wildman–Crippen LogP) is 2.28. The smallest absolute Gasteiger partial charge is 0.309 e. The van der Waals surface area contributed by atoms with Gasteiger partial charge in [0.15, 0.2) is 0 Å². The third kappa shape index (κ3) is 3.55. The van der Waals surface area contributed by atoms with Gasteiger partial charge in [0.2, 0.25) is 15.9 Å². The molecule has 31 heavy (non-hydrogen) atoms. The first kappa shape index (κ1) is 20.9. The number of rotatable bonds is 7. The second-order valence-corrected chi connectivity index (χ2v) is 11.8. The van der Waals surface area contributed by atoms with Gasteiger partial charge in [0.1, 0.15) is 10.7 Å². The number of nitrogens with one attached hydrogen (secondary N) is 2. The minimum absolute atomic E-state index is 0.0130. The lowest BCUT2D eigenvalue weighted by Gasteiger charge is -2.57. The van der Waals surface area contributed by atoms with Gasteiger partial charge in [-0.05, 0) is 74.8 Å². The quantitative estimate of drug-likeness (QED) is 0.590. The topological polar surface area (TPSA) is 113 Å². The van der Waals surface area contributed by atoms with Crippen LogP contribution in [0.1, 0.15) is 44.9 Å². The Balaban J connectivity index is 1.25. The minimum atomic E-state index is -4.02. The summed E-state index contributed by atoms with van der Waals surface area (Å²) in [5, 5.41) is 12.8. The molecule has 3 N–H and O–H groups in total. The molecule has 2 atom stereocenters. The predicted molar refractivity (Wildman–Crippen MR) is 109 cm³/mol. The van der Waals surface area contributed by atoms with Crippen molar-refractivity contribution < 1.29 is 27.5 Å². The largest absolute Gasteiger partial charge is 0.481 e. The van der Waals surface area contributed by atoms with Gasteiger partial charge in [-0.25, -0.2) is 17.5 Å². The molecule has 6 rings (SSSR count). The Morgan fingerprint density at radius 1 is 1.10 bits per heavy atom. The zero-order valence-electron chi connectivity index (χ0n) is 17.1. The van der Waals surface area contributed by atoms with E-state index in [9.17, 15) is 27.5 Å². The second kappa shape index (κ2) is 7.00. The highest BCUT2D eigenvalue weighted by atomic mass is 32.2. The van der Waals surface area contributed by atoms with Crippen LogP contribution >= 0.6 is 0 Å². The molecule has 168 valence electrons. The van der Waals surface area contributed by atoms with Gasteiger partial charge in [-0.1, -0.05) is 12.1 Å². The Bertz CT molecular complexity index is 1020. The van der Waals surface area contributed by atoms with Gasteiger partial charge in [-0.3, -0.25) is 9.59 Å². The molecule has 0 heterocycles. The van der Waals surface area contributed by atoms with Crippen molar-refractivity contribution in [3.63, 3.8) is 0 Å². The number of carboxylic acids is 1. The zero-order chi connectivity index (χ0) is 22.0. The molecule has 1 aromatic rings. The summed E-state index contributed by atoms with van der Waals surface area (Å²) < 4.78 is 41.3. The molecular weight excluding hydrogens is 423 g/mol. The fourth-order valence-electron chi connectivity index (χ4n) is 6.53. The third-order valence-corrected chi connectivity index (χ3v) is 9.43. The number of carbonyl (C=O) groups excluding carboxylic acids is 1. The second-order valence-electron chi connectivity index (χ2n) is 10.1. The van der Waals surface area contributed by atoms with Crippen LogP contribution in [0.5, 0.6) is 0 Å². The van der Waals surface area contributed by atoms with Gasteiger partial charge in [-0.15, -0.1) is 0 Å². The number of carbonyl (C=O) groups is 2. The fraction of sp³-hybridized carbons (Fsp3) is 0.636. The molecule has 5 fully saturated rings. The van der Waals surface area contributed by atoms with E-state index in [1.165, 1.54) is 18.2 Å². The van der Waals surface area contributed by atoms with E-state index >= 15 is 0 Å². The SMILES string of the molecule is O=C(NC1(CNS(=O)(=O)c2ccccc2F)CC1)C1C2CC3CC1CC(C(=O)O)(C3)C2. The molecule has 0 spiro atoms. The van der Waals surface area contributed by atoms with Crippen LogP contribution in [-0.4, -0.2) is 37.5 Å². The van der Waals surface area contributed by atoms with Gasteiger partial charge >= 0.3 is 5.97 Å². The van der Waals surface area contributed by atoms with E-state index in [0.29, 0.717) is 31.6 Å². The number of amides is 1. The Morgan fingerprint density at radius 2 is 1.74 bits per heavy atom. The summed E-state index contributed by atoms with van der Waals surface area (Å²) in [7, 11) is -4.02. The summed E-state index contributed by atoms with van der Waals surface area (Å²) >= 11 is 0. The highest BCUT2D eigenvalue weighted by Crippen LogP contribution is 2.62. The molecule has 1 aromatic carbocycles. The van der Waals surface area contributed by atoms with Crippen molar-refractivity contribution in [2.24, 2.45) is 29.1 Å². The Morgan fingerprint density at radius 3 is 2.32 bits per heavy atom. The van der Waals surface area contributed by atoms with E-state index in [1.54, 1.807) is 0 Å². The molecule has 5 saturated carbocycles. The molecule has 1 amide bonds. The number of sulfonamides is 1. The van der Waals surface area contributed by atoms with Crippen LogP contribution in [-0.2, 0) is 19.6 Å². The highest BCUT2D eigenvalue weighted by molar-refractivity contribution is 7.89. The molecule has 0 saturated heterocycles. The summed E-state index contributed by atoms with van der Waals surface area (Å²) in [4.78, 5) is 24.7. The molecule has 9 heteroatoms. The standard InChI is InChI=1S/C22H27FN2O5S/c23-16-3-1-2-4-17(16)31(29,30)24-12-22(5-6-22)25-19(26)18-14-7-13-8-15(18)11-21(9-13,10-14)20(27)28/h1-4,13-15,18,24H,5-12H2,(H,25,26)(H,27,28). The van der Waals surface area contributed by atoms with E-state index in [0.717, 1.165) is 25.3 Å². The van der Waals surface area contributed by atoms with Crippen LogP contribution < -0.4 is 10.0 Å². The van der Waals surface area contributed by atoms with Crippen LogP contribution in [0, 0.1) is 34.9 Å². The normalized spacial score (nSPS) is 35.0. The van der Waals surface area contributed by atoms with Crippen molar-refractivity contribution in [3.05, 3.63) is 30.1 Å². The van der Waals surface area contributed by atoms with E-state index in [-0.39, 0.29) is 30.2 Å². The molecule has 0 aromatic heterocycles. The summed E-state index contributed by atoms with van der Waals surface area (Å²) in [5.74, 6) is -1.29. The number of carboxylic acid groups (broad SMARTS) is 1. The number of hydrogen-bond donors (Lipinski definition) is 3. The third-order valence-electron chi connectivity index (χ3n) is 8.00. The van der Waals surface area contributed by atoms with Gasteiger partial charge in [0, 0.05) is 12.5 Å². The van der Waals surface area contributed by atoms with Crippen molar-refractivity contribution in [2.45, 2.75) is 55.4 Å². The fourth-order valence-corrected chi connectivity index (χ4v) is 7.73. The van der Waals surface area contributed by atoms with Crippen molar-refractivity contribution >= 4 is 21.9 Å². The summed E-state index contributed by atoms with van der Waals surface area (Å²) in [5.41, 5.74) is -1.31. The van der Waals surface area contributed by atoms with Gasteiger partial charge in [-0.2, -0.15) is 0 Å². The first-order valence-corrected chi connectivity index (χ1v) is 12.4. The first-order chi connectivity index (χ1) is 14.6. The molecular formula is C22H27FN2O5S. The molecule has 4 bridgehead atoms. The highest BCUT2D eigenvalue weighted by Gasteiger charge is 2.61. The van der Waals surface area contributed by atoms with Crippen molar-refractivity contribution in [3.8, 4) is 0 Å². The van der Waals surface area contributed by atoms with Crippen LogP contribution in [0.3, 0.4) is 0 Å². The minimum Gasteiger partial charge on any atom is -0.481 e. The van der Waals surface area contributed by atoms with Crippen molar-refractivity contribution in [1.82, 2.24) is 10.0 Å².